The van der Waals surface area contributed by atoms with Crippen LogP contribution in [0.4, 0.5) is 0 Å². The first-order chi connectivity index (χ1) is 7.76. The van der Waals surface area contributed by atoms with Crippen LogP contribution < -0.4 is 5.32 Å². The molecule has 2 saturated heterocycles. The highest BCUT2D eigenvalue weighted by atomic mass is 16.4. The quantitative estimate of drug-likeness (QED) is 0.686. The van der Waals surface area contributed by atoms with E-state index in [1.54, 1.807) is 14.2 Å². The predicted octanol–water partition coefficient (Wildman–Crippen LogP) is 1.12. The van der Waals surface area contributed by atoms with Crippen molar-refractivity contribution < 1.29 is 9.53 Å². The Morgan fingerprint density at radius 3 is 1.88 bits per heavy atom. The topological polar surface area (TPSA) is 41.6 Å². The van der Waals surface area contributed by atoms with Crippen molar-refractivity contribution in [3.05, 3.63) is 0 Å². The summed E-state index contributed by atoms with van der Waals surface area (Å²) in [6.07, 6.45) is 3.36. The summed E-state index contributed by atoms with van der Waals surface area (Å²) in [7, 11) is 3.25. The summed E-state index contributed by atoms with van der Waals surface area (Å²) < 4.78 is 4.25. The number of amides is 1. The molecule has 0 radical (unpaired) electrons. The zero-order valence-electron chi connectivity index (χ0n) is 11.1. The van der Waals surface area contributed by atoms with Gasteiger partial charge in [-0.05, 0) is 18.3 Å². The fraction of sp³-hybridized carbons (Fsp3) is 0.917. The highest BCUT2D eigenvalue weighted by molar-refractivity contribution is 5.47. The molecule has 0 bridgehead atoms. The molecule has 0 aliphatic carbocycles. The fourth-order valence-corrected chi connectivity index (χ4v) is 1.94. The van der Waals surface area contributed by atoms with Crippen LogP contribution in [0.5, 0.6) is 0 Å². The molecule has 2 aliphatic heterocycles. The number of carbonyl (C=O) groups excluding carboxylic acids is 1. The van der Waals surface area contributed by atoms with Crippen molar-refractivity contribution in [1.29, 1.82) is 0 Å². The van der Waals surface area contributed by atoms with Gasteiger partial charge < -0.3 is 15.0 Å². The molecule has 0 saturated carbocycles. The molecule has 1 spiro atoms. The van der Waals surface area contributed by atoms with Gasteiger partial charge in [-0.2, -0.15) is 0 Å². The Hall–Kier alpha value is -0.610. The van der Waals surface area contributed by atoms with Gasteiger partial charge in [0.05, 0.1) is 0 Å². The van der Waals surface area contributed by atoms with Crippen LogP contribution in [0.25, 0.3) is 0 Å². The van der Waals surface area contributed by atoms with Gasteiger partial charge in [-0.3, -0.25) is 4.79 Å². The van der Waals surface area contributed by atoms with Crippen LogP contribution in [0.1, 0.15) is 26.7 Å². The first-order valence-electron chi connectivity index (χ1n) is 6.06. The number of nitrogens with zero attached hydrogens (tertiary/aromatic N) is 1. The summed E-state index contributed by atoms with van der Waals surface area (Å²) in [5.41, 5.74) is 0.569. The van der Waals surface area contributed by atoms with Gasteiger partial charge in [0.25, 0.3) is 0 Å². The largest absolute Gasteiger partial charge is 0.388 e. The van der Waals surface area contributed by atoms with Crippen molar-refractivity contribution in [3.63, 3.8) is 0 Å². The molecule has 96 valence electrons. The van der Waals surface area contributed by atoms with Gasteiger partial charge in [-0.25, -0.2) is 0 Å². The second-order valence-electron chi connectivity index (χ2n) is 4.15. The van der Waals surface area contributed by atoms with Crippen molar-refractivity contribution in [2.24, 2.45) is 5.41 Å². The molecule has 16 heavy (non-hydrogen) atoms. The van der Waals surface area contributed by atoms with E-state index in [1.165, 1.54) is 25.9 Å². The molecular weight excluding hydrogens is 204 g/mol. The molecule has 0 atom stereocenters. The van der Waals surface area contributed by atoms with E-state index in [1.807, 2.05) is 18.7 Å². The normalized spacial score (nSPS) is 20.9. The number of rotatable bonds is 1. The average Bonchev–Trinajstić information content (AvgIpc) is 2.31. The lowest BCUT2D eigenvalue weighted by atomic mass is 9.74. The maximum Gasteiger partial charge on any atom is 0.209 e. The highest BCUT2D eigenvalue weighted by Gasteiger charge is 2.39. The second-order valence-corrected chi connectivity index (χ2v) is 4.15. The molecule has 2 heterocycles. The summed E-state index contributed by atoms with van der Waals surface area (Å²) in [5, 5.41) is 3.30. The van der Waals surface area contributed by atoms with Gasteiger partial charge in [0.15, 0.2) is 0 Å². The van der Waals surface area contributed by atoms with Gasteiger partial charge in [0, 0.05) is 40.4 Å². The molecule has 2 aliphatic rings. The average molecular weight is 230 g/mol. The lowest BCUT2D eigenvalue weighted by Gasteiger charge is -2.47. The van der Waals surface area contributed by atoms with Gasteiger partial charge in [0.2, 0.25) is 6.41 Å². The molecule has 0 aromatic heterocycles. The number of hydrogen-bond acceptors (Lipinski definition) is 3. The summed E-state index contributed by atoms with van der Waals surface area (Å²) >= 11 is 0. The van der Waals surface area contributed by atoms with Crippen LogP contribution in [0.2, 0.25) is 0 Å². The smallest absolute Gasteiger partial charge is 0.209 e. The highest BCUT2D eigenvalue weighted by Crippen LogP contribution is 2.34. The number of methoxy groups -OCH3 is 1. The Morgan fingerprint density at radius 2 is 1.62 bits per heavy atom. The second kappa shape index (κ2) is 8.53. The summed E-state index contributed by atoms with van der Waals surface area (Å²) in [4.78, 5) is 12.3. The van der Waals surface area contributed by atoms with Crippen molar-refractivity contribution in [2.75, 3.05) is 40.4 Å². The van der Waals surface area contributed by atoms with Gasteiger partial charge in [-0.1, -0.05) is 13.8 Å². The molecule has 2 fully saturated rings. The van der Waals surface area contributed by atoms with Crippen LogP contribution in [-0.4, -0.2) is 51.7 Å². The number of hydrogen-bond donors (Lipinski definition) is 1. The Balaban J connectivity index is 0.000000394. The zero-order chi connectivity index (χ0) is 12.4. The lowest BCUT2D eigenvalue weighted by Crippen LogP contribution is -2.58. The standard InChI is InChI=1S/C8H14N2O.C2H6O.C2H6/c11-7-10-3-1-8(2-4-10)5-9-6-8;1-3-2;1-2/h7,9H,1-6H2;1-2H3;1-2H3. The molecular formula is C12H26N2O2. The maximum absolute atomic E-state index is 10.4. The first-order valence-corrected chi connectivity index (χ1v) is 6.06. The van der Waals surface area contributed by atoms with E-state index in [0.29, 0.717) is 5.41 Å². The lowest BCUT2D eigenvalue weighted by molar-refractivity contribution is -0.120. The molecule has 0 aromatic carbocycles. The monoisotopic (exact) mass is 230 g/mol. The van der Waals surface area contributed by atoms with E-state index in [0.717, 1.165) is 19.5 Å². The van der Waals surface area contributed by atoms with Crippen molar-refractivity contribution >= 4 is 6.41 Å². The fourth-order valence-electron chi connectivity index (χ4n) is 1.94. The summed E-state index contributed by atoms with van der Waals surface area (Å²) in [5.74, 6) is 0. The molecule has 0 unspecified atom stereocenters. The number of ether oxygens (including phenoxy) is 1. The van der Waals surface area contributed by atoms with Crippen LogP contribution in [0.15, 0.2) is 0 Å². The Bertz CT molecular complexity index is 172. The Labute approximate surface area is 99.3 Å². The SMILES string of the molecule is CC.COC.O=CN1CCC2(CC1)CNC2. The summed E-state index contributed by atoms with van der Waals surface area (Å²) in [6, 6.07) is 0. The zero-order valence-corrected chi connectivity index (χ0v) is 11.1. The van der Waals surface area contributed by atoms with E-state index in [4.69, 9.17) is 0 Å². The minimum absolute atomic E-state index is 0.569. The molecule has 0 aromatic rings. The third-order valence-electron chi connectivity index (χ3n) is 3.01. The van der Waals surface area contributed by atoms with Crippen molar-refractivity contribution in [1.82, 2.24) is 10.2 Å². The summed E-state index contributed by atoms with van der Waals surface area (Å²) in [6.45, 7) is 8.26. The number of nitrogens with one attached hydrogen (secondary N) is 1. The number of likely N-dealkylation sites (tertiary alicyclic amines) is 1. The van der Waals surface area contributed by atoms with Crippen LogP contribution in [0.3, 0.4) is 0 Å². The third kappa shape index (κ3) is 4.49. The molecule has 2 rings (SSSR count). The van der Waals surface area contributed by atoms with Gasteiger partial charge >= 0.3 is 0 Å². The Kier molecular flexibility index (Phi) is 8.21. The van der Waals surface area contributed by atoms with Crippen LogP contribution in [0, 0.1) is 5.41 Å². The van der Waals surface area contributed by atoms with E-state index < -0.39 is 0 Å². The van der Waals surface area contributed by atoms with E-state index in [9.17, 15) is 4.79 Å². The predicted molar refractivity (Wildman–Crippen MR) is 66.5 cm³/mol. The third-order valence-corrected chi connectivity index (χ3v) is 3.01. The van der Waals surface area contributed by atoms with Crippen molar-refractivity contribution in [2.45, 2.75) is 26.7 Å². The van der Waals surface area contributed by atoms with Gasteiger partial charge in [0.1, 0.15) is 0 Å². The molecule has 4 nitrogen and oxygen atoms in total. The number of carbonyl (C=O) groups is 1. The maximum atomic E-state index is 10.4. The Morgan fingerprint density at radius 1 is 1.19 bits per heavy atom. The first kappa shape index (κ1) is 15.4. The minimum Gasteiger partial charge on any atom is -0.388 e. The molecule has 4 heteroatoms. The number of piperidine rings is 1. The van der Waals surface area contributed by atoms with Gasteiger partial charge in [-0.15, -0.1) is 0 Å². The molecule has 1 N–H and O–H groups in total. The van der Waals surface area contributed by atoms with Crippen molar-refractivity contribution in [3.8, 4) is 0 Å². The van der Waals surface area contributed by atoms with Crippen LogP contribution >= 0.6 is 0 Å². The van der Waals surface area contributed by atoms with E-state index in [2.05, 4.69) is 10.1 Å². The van der Waals surface area contributed by atoms with Crippen LogP contribution in [-0.2, 0) is 9.53 Å². The van der Waals surface area contributed by atoms with E-state index in [-0.39, 0.29) is 0 Å². The minimum atomic E-state index is 0.569. The molecule has 1 amide bonds. The van der Waals surface area contributed by atoms with E-state index >= 15 is 0 Å².